The van der Waals surface area contributed by atoms with Gasteiger partial charge in [-0.25, -0.2) is 0 Å². The van der Waals surface area contributed by atoms with Gasteiger partial charge in [-0.05, 0) is 19.8 Å². The van der Waals surface area contributed by atoms with E-state index < -0.39 is 0 Å². The first-order valence-corrected chi connectivity index (χ1v) is 3.73. The number of hydrogen-bond donors (Lipinski definition) is 0. The lowest BCUT2D eigenvalue weighted by atomic mass is 10.3. The first-order valence-electron chi connectivity index (χ1n) is 3.73. The molecule has 0 aromatic carbocycles. The molecule has 0 heterocycles. The number of rotatable bonds is 1. The highest BCUT2D eigenvalue weighted by Gasteiger charge is 1.72. The molecule has 0 bridgehead atoms. The van der Waals surface area contributed by atoms with Crippen molar-refractivity contribution in [1.29, 1.82) is 0 Å². The average Bonchev–Trinajstić information content (AvgIpc) is 2.43. The minimum absolute atomic E-state index is 1.11. The predicted molar refractivity (Wildman–Crippen MR) is 48.0 cm³/mol. The molecule has 0 saturated carbocycles. The lowest BCUT2D eigenvalue weighted by Gasteiger charge is -1.79. The van der Waals surface area contributed by atoms with E-state index in [1.807, 2.05) is 6.92 Å². The third-order valence-electron chi connectivity index (χ3n) is 1.26. The average molecular weight is 136 g/mol. The summed E-state index contributed by atoms with van der Waals surface area (Å²) in [6.45, 7) is 7.80. The molecule has 0 saturated heterocycles. The molecular weight excluding hydrogens is 120 g/mol. The van der Waals surface area contributed by atoms with Crippen LogP contribution in [0, 0.1) is 0 Å². The SMILES string of the molecule is C1=CCC=C1.C=C(C)CC. The Morgan fingerprint density at radius 1 is 1.40 bits per heavy atom. The van der Waals surface area contributed by atoms with Gasteiger partial charge in [0, 0.05) is 0 Å². The predicted octanol–water partition coefficient (Wildman–Crippen LogP) is 3.48. The van der Waals surface area contributed by atoms with Crippen LogP contribution in [0.25, 0.3) is 0 Å². The molecule has 0 nitrogen and oxygen atoms in total. The molecule has 0 unspecified atom stereocenters. The van der Waals surface area contributed by atoms with Crippen LogP contribution in [0.1, 0.15) is 26.7 Å². The zero-order chi connectivity index (χ0) is 7.82. The first kappa shape index (κ1) is 9.22. The summed E-state index contributed by atoms with van der Waals surface area (Å²) in [5.41, 5.74) is 1.25. The van der Waals surface area contributed by atoms with Crippen LogP contribution in [0.3, 0.4) is 0 Å². The van der Waals surface area contributed by atoms with Crippen molar-refractivity contribution in [3.05, 3.63) is 36.5 Å². The zero-order valence-corrected chi connectivity index (χ0v) is 6.93. The highest BCUT2D eigenvalue weighted by Crippen LogP contribution is 1.93. The Labute approximate surface area is 64.0 Å². The molecule has 56 valence electrons. The molecule has 0 aliphatic heterocycles. The van der Waals surface area contributed by atoms with E-state index in [1.165, 1.54) is 5.57 Å². The summed E-state index contributed by atoms with van der Waals surface area (Å²) in [7, 11) is 0. The molecule has 1 aliphatic carbocycles. The van der Waals surface area contributed by atoms with Crippen molar-refractivity contribution in [3.8, 4) is 0 Å². The van der Waals surface area contributed by atoms with E-state index in [0.717, 1.165) is 12.8 Å². The van der Waals surface area contributed by atoms with Gasteiger partial charge in [0.2, 0.25) is 0 Å². The molecule has 0 fully saturated rings. The van der Waals surface area contributed by atoms with E-state index >= 15 is 0 Å². The van der Waals surface area contributed by atoms with Gasteiger partial charge < -0.3 is 0 Å². The van der Waals surface area contributed by atoms with Gasteiger partial charge in [0.25, 0.3) is 0 Å². The molecule has 0 atom stereocenters. The maximum atomic E-state index is 3.67. The number of hydrogen-bond acceptors (Lipinski definition) is 0. The molecule has 10 heavy (non-hydrogen) atoms. The molecule has 0 N–H and O–H groups in total. The lowest BCUT2D eigenvalue weighted by Crippen LogP contribution is -1.58. The van der Waals surface area contributed by atoms with Gasteiger partial charge in [0.15, 0.2) is 0 Å². The van der Waals surface area contributed by atoms with Crippen LogP contribution in [0.5, 0.6) is 0 Å². The van der Waals surface area contributed by atoms with Gasteiger partial charge in [0.1, 0.15) is 0 Å². The summed E-state index contributed by atoms with van der Waals surface area (Å²) in [6.07, 6.45) is 10.6. The summed E-state index contributed by atoms with van der Waals surface area (Å²) in [5, 5.41) is 0. The van der Waals surface area contributed by atoms with Crippen molar-refractivity contribution in [2.24, 2.45) is 0 Å². The van der Waals surface area contributed by atoms with E-state index in [4.69, 9.17) is 0 Å². The maximum Gasteiger partial charge on any atom is -0.0163 e. The number of allylic oxidation sites excluding steroid dienone is 5. The molecule has 0 spiro atoms. The van der Waals surface area contributed by atoms with Crippen LogP contribution in [0.15, 0.2) is 36.5 Å². The largest absolute Gasteiger partial charge is 0.100 e. The van der Waals surface area contributed by atoms with Crippen LogP contribution < -0.4 is 0 Å². The monoisotopic (exact) mass is 136 g/mol. The van der Waals surface area contributed by atoms with Crippen molar-refractivity contribution >= 4 is 0 Å². The standard InChI is InChI=1S/C5H6.C5H10/c1-2-4-5-3-1;1-4-5(2)3/h1-4H,5H2;2,4H2,1,3H3. The maximum absolute atomic E-state index is 3.67. The van der Waals surface area contributed by atoms with E-state index in [1.54, 1.807) is 0 Å². The Balaban J connectivity index is 0.000000162. The van der Waals surface area contributed by atoms with Crippen molar-refractivity contribution < 1.29 is 0 Å². The van der Waals surface area contributed by atoms with Crippen molar-refractivity contribution in [2.75, 3.05) is 0 Å². The van der Waals surface area contributed by atoms with Gasteiger partial charge in [-0.1, -0.05) is 36.8 Å². The highest BCUT2D eigenvalue weighted by molar-refractivity contribution is 5.11. The second kappa shape index (κ2) is 6.34. The summed E-state index contributed by atoms with van der Waals surface area (Å²) in [4.78, 5) is 0. The van der Waals surface area contributed by atoms with Crippen molar-refractivity contribution in [1.82, 2.24) is 0 Å². The highest BCUT2D eigenvalue weighted by atomic mass is 13.8. The molecule has 0 aromatic rings. The van der Waals surface area contributed by atoms with E-state index in [-0.39, 0.29) is 0 Å². The summed E-state index contributed by atoms with van der Waals surface area (Å²) >= 11 is 0. The Bertz CT molecular complexity index is 128. The van der Waals surface area contributed by atoms with Gasteiger partial charge in [-0.15, -0.1) is 6.58 Å². The third kappa shape index (κ3) is 7.22. The zero-order valence-electron chi connectivity index (χ0n) is 6.93. The third-order valence-corrected chi connectivity index (χ3v) is 1.26. The van der Waals surface area contributed by atoms with E-state index in [9.17, 15) is 0 Å². The Morgan fingerprint density at radius 2 is 1.80 bits per heavy atom. The second-order valence-electron chi connectivity index (χ2n) is 2.40. The fourth-order valence-corrected chi connectivity index (χ4v) is 0.393. The lowest BCUT2D eigenvalue weighted by molar-refractivity contribution is 1.11. The first-order chi connectivity index (χ1) is 4.77. The molecule has 0 heteroatoms. The van der Waals surface area contributed by atoms with Gasteiger partial charge in [-0.2, -0.15) is 0 Å². The van der Waals surface area contributed by atoms with Crippen LogP contribution in [0.2, 0.25) is 0 Å². The summed E-state index contributed by atoms with van der Waals surface area (Å²) < 4.78 is 0. The minimum atomic E-state index is 1.11. The van der Waals surface area contributed by atoms with Gasteiger partial charge in [-0.3, -0.25) is 0 Å². The van der Waals surface area contributed by atoms with Gasteiger partial charge in [0.05, 0.1) is 0 Å². The quantitative estimate of drug-likeness (QED) is 0.484. The normalized spacial score (nSPS) is 12.6. The van der Waals surface area contributed by atoms with Crippen molar-refractivity contribution in [3.63, 3.8) is 0 Å². The Kier molecular flexibility index (Phi) is 5.85. The van der Waals surface area contributed by atoms with Crippen molar-refractivity contribution in [2.45, 2.75) is 26.7 Å². The minimum Gasteiger partial charge on any atom is -0.100 e. The fourth-order valence-electron chi connectivity index (χ4n) is 0.393. The van der Waals surface area contributed by atoms with E-state index in [0.29, 0.717) is 0 Å². The van der Waals surface area contributed by atoms with E-state index in [2.05, 4.69) is 37.8 Å². The molecule has 1 aliphatic rings. The molecule has 0 radical (unpaired) electrons. The Morgan fingerprint density at radius 3 is 1.90 bits per heavy atom. The van der Waals surface area contributed by atoms with Gasteiger partial charge >= 0.3 is 0 Å². The molecule has 0 aromatic heterocycles. The fraction of sp³-hybridized carbons (Fsp3) is 0.400. The topological polar surface area (TPSA) is 0 Å². The summed E-state index contributed by atoms with van der Waals surface area (Å²) in [6, 6.07) is 0. The smallest absolute Gasteiger partial charge is 0.0163 e. The molecule has 1 rings (SSSR count). The Hall–Kier alpha value is -0.780. The van der Waals surface area contributed by atoms with Crippen LogP contribution in [0.4, 0.5) is 0 Å². The van der Waals surface area contributed by atoms with Crippen LogP contribution in [-0.4, -0.2) is 0 Å². The van der Waals surface area contributed by atoms with Crippen LogP contribution in [-0.2, 0) is 0 Å². The molecular formula is C10H16. The second-order valence-corrected chi connectivity index (χ2v) is 2.40. The van der Waals surface area contributed by atoms with Crippen LogP contribution >= 0.6 is 0 Å². The molecule has 0 amide bonds. The summed E-state index contributed by atoms with van der Waals surface area (Å²) in [5.74, 6) is 0.